The molecular weight excluding hydrogens is 577 g/mol. The molecular formula is C48H48. The summed E-state index contributed by atoms with van der Waals surface area (Å²) in [5, 5.41) is 0. The van der Waals surface area contributed by atoms with Crippen molar-refractivity contribution in [3.8, 4) is 0 Å². The first-order valence-electron chi connectivity index (χ1n) is 18.2. The molecule has 6 aromatic rings. The highest BCUT2D eigenvalue weighted by molar-refractivity contribution is 5.37. The molecule has 0 heterocycles. The van der Waals surface area contributed by atoms with E-state index >= 15 is 0 Å². The van der Waals surface area contributed by atoms with E-state index in [0.717, 1.165) is 77.0 Å². The lowest BCUT2D eigenvalue weighted by atomic mass is 9.90. The smallest absolute Gasteiger partial charge is 0.0235 e. The third-order valence-corrected chi connectivity index (χ3v) is 10.6. The second-order valence-corrected chi connectivity index (χ2v) is 13.7. The molecule has 0 fully saturated rings. The van der Waals surface area contributed by atoms with Gasteiger partial charge in [0.15, 0.2) is 0 Å². The molecule has 0 saturated heterocycles. The fraction of sp³-hybridized carbons (Fsp3) is 0.250. The monoisotopic (exact) mass is 624 g/mol. The summed E-state index contributed by atoms with van der Waals surface area (Å²) in [5.41, 5.74) is 17.9. The predicted molar refractivity (Wildman–Crippen MR) is 203 cm³/mol. The largest absolute Gasteiger partial charge is 0.0620 e. The minimum Gasteiger partial charge on any atom is -0.0620 e. The van der Waals surface area contributed by atoms with Crippen LogP contribution in [0.15, 0.2) is 146 Å². The summed E-state index contributed by atoms with van der Waals surface area (Å²) in [4.78, 5) is 0. The molecule has 2 bridgehead atoms. The summed E-state index contributed by atoms with van der Waals surface area (Å²) in [6.07, 6.45) is 13.0. The normalized spacial score (nSPS) is 14.5. The molecule has 0 N–H and O–H groups in total. The highest BCUT2D eigenvalue weighted by Gasteiger charge is 2.11. The Balaban J connectivity index is 1.18. The maximum Gasteiger partial charge on any atom is -0.0235 e. The van der Waals surface area contributed by atoms with Crippen LogP contribution in [-0.4, -0.2) is 0 Å². The van der Waals surface area contributed by atoms with Crippen LogP contribution in [0.5, 0.6) is 0 Å². The van der Waals surface area contributed by atoms with Crippen molar-refractivity contribution >= 4 is 0 Å². The molecule has 240 valence electrons. The number of aryl methyl sites for hydroxylation is 12. The van der Waals surface area contributed by atoms with E-state index in [4.69, 9.17) is 0 Å². The van der Waals surface area contributed by atoms with Crippen molar-refractivity contribution in [1.29, 1.82) is 0 Å². The van der Waals surface area contributed by atoms with Gasteiger partial charge in [-0.3, -0.25) is 0 Å². The summed E-state index contributed by atoms with van der Waals surface area (Å²) in [6.45, 7) is 0. The summed E-state index contributed by atoms with van der Waals surface area (Å²) in [6, 6.07) is 55.1. The van der Waals surface area contributed by atoms with Crippen molar-refractivity contribution in [3.63, 3.8) is 0 Å². The number of fused-ring (bicyclic) bond motifs is 7. The van der Waals surface area contributed by atoms with Gasteiger partial charge in [-0.2, -0.15) is 0 Å². The van der Waals surface area contributed by atoms with Gasteiger partial charge in [0.05, 0.1) is 0 Å². The van der Waals surface area contributed by atoms with E-state index in [1.807, 2.05) is 0 Å². The van der Waals surface area contributed by atoms with E-state index in [1.165, 1.54) is 66.8 Å². The van der Waals surface area contributed by atoms with Crippen molar-refractivity contribution in [3.05, 3.63) is 212 Å². The lowest BCUT2D eigenvalue weighted by molar-refractivity contribution is 0.851. The first kappa shape index (κ1) is 31.9. The molecule has 0 amide bonds. The quantitative estimate of drug-likeness (QED) is 0.158. The molecule has 48 heavy (non-hydrogen) atoms. The van der Waals surface area contributed by atoms with E-state index in [1.54, 1.807) is 0 Å². The molecule has 6 aromatic carbocycles. The van der Waals surface area contributed by atoms with E-state index < -0.39 is 0 Å². The molecule has 0 radical (unpaired) electrons. The fourth-order valence-corrected chi connectivity index (χ4v) is 7.80. The van der Waals surface area contributed by atoms with E-state index in [0.29, 0.717) is 0 Å². The standard InChI is InChI=1S/C48H48/c1-3-16-41-28-30-43-18-5-7-20-45(43)32-34-47-22-9-10-23-48(47)35-33-46-21-8-6-19-44(46)31-29-42-17-4-2-15-40(42)27-25-38-13-11-12-37(36-38)24-26-39(41)14-1/h1-23,36H,24-35H2. The predicted octanol–water partition coefficient (Wildman–Crippen LogP) is 10.7. The van der Waals surface area contributed by atoms with Gasteiger partial charge < -0.3 is 0 Å². The van der Waals surface area contributed by atoms with E-state index in [-0.39, 0.29) is 0 Å². The SMILES string of the molecule is c1cc2cc(c1)CCc1ccccc1CCc1ccccc1CCc1ccccc1CCc1ccccc1CCc1ccccc1CC2. The third-order valence-electron chi connectivity index (χ3n) is 10.6. The van der Waals surface area contributed by atoms with Crippen LogP contribution in [0.25, 0.3) is 0 Å². The Morgan fingerprint density at radius 2 is 0.375 bits per heavy atom. The van der Waals surface area contributed by atoms with Gasteiger partial charge in [-0.25, -0.2) is 0 Å². The molecule has 0 spiro atoms. The fourth-order valence-electron chi connectivity index (χ4n) is 7.80. The Morgan fingerprint density at radius 1 is 0.188 bits per heavy atom. The minimum absolute atomic E-state index is 1.08. The van der Waals surface area contributed by atoms with E-state index in [9.17, 15) is 0 Å². The van der Waals surface area contributed by atoms with E-state index in [2.05, 4.69) is 146 Å². The Hall–Kier alpha value is -4.68. The zero-order chi connectivity index (χ0) is 32.4. The van der Waals surface area contributed by atoms with Gasteiger partial charge in [0.2, 0.25) is 0 Å². The third kappa shape index (κ3) is 8.23. The molecule has 0 atom stereocenters. The maximum atomic E-state index is 2.46. The molecule has 0 nitrogen and oxygen atoms in total. The second-order valence-electron chi connectivity index (χ2n) is 13.7. The van der Waals surface area contributed by atoms with Crippen LogP contribution in [0.1, 0.15) is 66.8 Å². The van der Waals surface area contributed by atoms with Gasteiger partial charge in [0.25, 0.3) is 0 Å². The van der Waals surface area contributed by atoms with Crippen LogP contribution < -0.4 is 0 Å². The van der Waals surface area contributed by atoms with Gasteiger partial charge in [-0.05, 0) is 144 Å². The van der Waals surface area contributed by atoms with Crippen LogP contribution in [-0.2, 0) is 77.0 Å². The number of benzene rings is 6. The van der Waals surface area contributed by atoms with Crippen molar-refractivity contribution in [1.82, 2.24) is 0 Å². The molecule has 0 saturated carbocycles. The lowest BCUT2D eigenvalue weighted by Crippen LogP contribution is -2.04. The van der Waals surface area contributed by atoms with Crippen molar-refractivity contribution in [2.75, 3.05) is 0 Å². The summed E-state index contributed by atoms with van der Waals surface area (Å²) in [5.74, 6) is 0. The van der Waals surface area contributed by atoms with Crippen LogP contribution in [0.2, 0.25) is 0 Å². The van der Waals surface area contributed by atoms with Crippen molar-refractivity contribution in [2.24, 2.45) is 0 Å². The topological polar surface area (TPSA) is 0 Å². The molecule has 0 aliphatic heterocycles. The van der Waals surface area contributed by atoms with Crippen LogP contribution in [0.4, 0.5) is 0 Å². The van der Waals surface area contributed by atoms with Crippen LogP contribution in [0, 0.1) is 0 Å². The molecule has 1 aliphatic carbocycles. The number of hydrogen-bond acceptors (Lipinski definition) is 0. The zero-order valence-electron chi connectivity index (χ0n) is 28.3. The summed E-state index contributed by atoms with van der Waals surface area (Å²) >= 11 is 0. The summed E-state index contributed by atoms with van der Waals surface area (Å²) < 4.78 is 0. The molecule has 0 aromatic heterocycles. The van der Waals surface area contributed by atoms with Gasteiger partial charge in [0.1, 0.15) is 0 Å². The molecule has 7 rings (SSSR count). The molecule has 0 unspecified atom stereocenters. The van der Waals surface area contributed by atoms with Gasteiger partial charge in [-0.15, -0.1) is 0 Å². The average molecular weight is 625 g/mol. The minimum atomic E-state index is 1.08. The lowest BCUT2D eigenvalue weighted by Gasteiger charge is -2.15. The highest BCUT2D eigenvalue weighted by atomic mass is 14.2. The van der Waals surface area contributed by atoms with Gasteiger partial charge in [-0.1, -0.05) is 146 Å². The van der Waals surface area contributed by atoms with Crippen LogP contribution >= 0.6 is 0 Å². The van der Waals surface area contributed by atoms with Crippen molar-refractivity contribution in [2.45, 2.75) is 77.0 Å². The first-order valence-corrected chi connectivity index (χ1v) is 18.2. The van der Waals surface area contributed by atoms with Crippen molar-refractivity contribution < 1.29 is 0 Å². The van der Waals surface area contributed by atoms with Gasteiger partial charge in [0, 0.05) is 0 Å². The average Bonchev–Trinajstić information content (AvgIpc) is 3.14. The van der Waals surface area contributed by atoms with Crippen LogP contribution in [0.3, 0.4) is 0 Å². The number of hydrogen-bond donors (Lipinski definition) is 0. The zero-order valence-corrected chi connectivity index (χ0v) is 28.3. The Bertz CT molecular complexity index is 1810. The molecule has 0 heteroatoms. The summed E-state index contributed by atoms with van der Waals surface area (Å²) in [7, 11) is 0. The maximum absolute atomic E-state index is 2.46. The number of rotatable bonds is 0. The highest BCUT2D eigenvalue weighted by Crippen LogP contribution is 2.23. The molecule has 1 aliphatic rings. The first-order chi connectivity index (χ1) is 23.8. The Labute approximate surface area is 288 Å². The second kappa shape index (κ2) is 15.9. The Morgan fingerprint density at radius 3 is 0.583 bits per heavy atom. The Kier molecular flexibility index (Phi) is 10.6. The van der Waals surface area contributed by atoms with Gasteiger partial charge >= 0.3 is 0 Å².